The highest BCUT2D eigenvalue weighted by molar-refractivity contribution is 6.03. The van der Waals surface area contributed by atoms with Gasteiger partial charge in [0.25, 0.3) is 5.91 Å². The Kier molecular flexibility index (Phi) is 7.90. The summed E-state index contributed by atoms with van der Waals surface area (Å²) in [6, 6.07) is 8.30. The van der Waals surface area contributed by atoms with Crippen molar-refractivity contribution in [3.8, 4) is 0 Å². The Morgan fingerprint density at radius 2 is 1.83 bits per heavy atom. The van der Waals surface area contributed by atoms with E-state index >= 15 is 0 Å². The maximum atomic E-state index is 12.3. The van der Waals surface area contributed by atoms with Crippen LogP contribution in [0.3, 0.4) is 0 Å². The van der Waals surface area contributed by atoms with Crippen LogP contribution in [0.15, 0.2) is 36.4 Å². The Labute approximate surface area is 140 Å². The number of likely N-dealkylation sites (N-methyl/N-ethyl adjacent to an activating group) is 1. The SMILES string of the molecule is CCOC(=O)CN(C)C(=O)N(CC=O)C(=O)/C=C/c1ccccc1. The van der Waals surface area contributed by atoms with E-state index in [1.807, 2.05) is 18.2 Å². The first-order valence-corrected chi connectivity index (χ1v) is 7.38. The van der Waals surface area contributed by atoms with Crippen LogP contribution in [0.2, 0.25) is 0 Å². The molecule has 0 atom stereocenters. The van der Waals surface area contributed by atoms with Crippen LogP contribution in [0, 0.1) is 0 Å². The van der Waals surface area contributed by atoms with E-state index in [0.717, 1.165) is 15.4 Å². The highest BCUT2D eigenvalue weighted by Gasteiger charge is 2.24. The second kappa shape index (κ2) is 9.94. The number of rotatable bonds is 7. The Morgan fingerprint density at radius 3 is 2.42 bits per heavy atom. The number of hydrogen-bond acceptors (Lipinski definition) is 5. The molecular weight excluding hydrogens is 312 g/mol. The third-order valence-corrected chi connectivity index (χ3v) is 2.97. The molecule has 0 saturated carbocycles. The minimum Gasteiger partial charge on any atom is -0.465 e. The molecular formula is C17H20N2O5. The molecule has 3 amide bonds. The molecule has 0 aliphatic carbocycles. The molecule has 0 N–H and O–H groups in total. The quantitative estimate of drug-likeness (QED) is 0.427. The van der Waals surface area contributed by atoms with Crippen molar-refractivity contribution < 1.29 is 23.9 Å². The maximum Gasteiger partial charge on any atom is 0.327 e. The number of nitrogens with zero attached hydrogens (tertiary/aromatic N) is 2. The number of carbonyl (C=O) groups is 4. The van der Waals surface area contributed by atoms with E-state index in [9.17, 15) is 19.2 Å². The molecule has 1 aromatic carbocycles. The van der Waals surface area contributed by atoms with Crippen molar-refractivity contribution in [1.82, 2.24) is 9.80 Å². The predicted octanol–water partition coefficient (Wildman–Crippen LogP) is 1.34. The lowest BCUT2D eigenvalue weighted by atomic mass is 10.2. The molecule has 0 bridgehead atoms. The lowest BCUT2D eigenvalue weighted by Crippen LogP contribution is -2.46. The van der Waals surface area contributed by atoms with Crippen LogP contribution < -0.4 is 0 Å². The molecule has 7 nitrogen and oxygen atoms in total. The van der Waals surface area contributed by atoms with Gasteiger partial charge in [-0.15, -0.1) is 0 Å². The Hall–Kier alpha value is -2.96. The topological polar surface area (TPSA) is 84.0 Å². The van der Waals surface area contributed by atoms with E-state index in [0.29, 0.717) is 6.29 Å². The summed E-state index contributed by atoms with van der Waals surface area (Å²) in [7, 11) is 1.35. The zero-order chi connectivity index (χ0) is 17.9. The van der Waals surface area contributed by atoms with Crippen molar-refractivity contribution >= 4 is 30.3 Å². The van der Waals surface area contributed by atoms with Gasteiger partial charge in [0.1, 0.15) is 12.8 Å². The number of urea groups is 1. The number of imide groups is 1. The van der Waals surface area contributed by atoms with E-state index in [4.69, 9.17) is 4.74 Å². The smallest absolute Gasteiger partial charge is 0.327 e. The summed E-state index contributed by atoms with van der Waals surface area (Å²) >= 11 is 0. The van der Waals surface area contributed by atoms with Gasteiger partial charge in [0.2, 0.25) is 0 Å². The fourth-order valence-corrected chi connectivity index (χ4v) is 1.83. The molecule has 0 saturated heterocycles. The first-order chi connectivity index (χ1) is 11.5. The second-order valence-corrected chi connectivity index (χ2v) is 4.80. The third-order valence-electron chi connectivity index (χ3n) is 2.97. The van der Waals surface area contributed by atoms with Crippen LogP contribution >= 0.6 is 0 Å². The number of benzene rings is 1. The fraction of sp³-hybridized carbons (Fsp3) is 0.294. The standard InChI is InChI=1S/C17H20N2O5/c1-3-24-16(22)13-18(2)17(23)19(11-12-20)15(21)10-9-14-7-5-4-6-8-14/h4-10,12H,3,11,13H2,1-2H3/b10-9+. The van der Waals surface area contributed by atoms with E-state index in [-0.39, 0.29) is 13.2 Å². The van der Waals surface area contributed by atoms with Gasteiger partial charge in [0.15, 0.2) is 0 Å². The average Bonchev–Trinajstić information content (AvgIpc) is 2.58. The molecule has 128 valence electrons. The zero-order valence-electron chi connectivity index (χ0n) is 13.7. The summed E-state index contributed by atoms with van der Waals surface area (Å²) in [5, 5.41) is 0. The summed E-state index contributed by atoms with van der Waals surface area (Å²) in [6.07, 6.45) is 3.19. The summed E-state index contributed by atoms with van der Waals surface area (Å²) in [5.74, 6) is -1.24. The van der Waals surface area contributed by atoms with Gasteiger partial charge in [-0.1, -0.05) is 30.3 Å². The second-order valence-electron chi connectivity index (χ2n) is 4.80. The summed E-state index contributed by atoms with van der Waals surface area (Å²) < 4.78 is 4.75. The van der Waals surface area contributed by atoms with Crippen molar-refractivity contribution in [2.75, 3.05) is 26.7 Å². The molecule has 0 aromatic heterocycles. The van der Waals surface area contributed by atoms with E-state index in [2.05, 4.69) is 0 Å². The predicted molar refractivity (Wildman–Crippen MR) is 87.9 cm³/mol. The molecule has 0 aliphatic rings. The highest BCUT2D eigenvalue weighted by atomic mass is 16.5. The monoisotopic (exact) mass is 332 g/mol. The minimum absolute atomic E-state index is 0.192. The van der Waals surface area contributed by atoms with E-state index < -0.39 is 24.5 Å². The van der Waals surface area contributed by atoms with Gasteiger partial charge in [-0.2, -0.15) is 0 Å². The van der Waals surface area contributed by atoms with Crippen molar-refractivity contribution in [3.63, 3.8) is 0 Å². The highest BCUT2D eigenvalue weighted by Crippen LogP contribution is 2.04. The molecule has 24 heavy (non-hydrogen) atoms. The summed E-state index contributed by atoms with van der Waals surface area (Å²) in [5.41, 5.74) is 0.782. The number of hydrogen-bond donors (Lipinski definition) is 0. The Bertz CT molecular complexity index is 613. The molecule has 0 heterocycles. The van der Waals surface area contributed by atoms with Gasteiger partial charge in [-0.3, -0.25) is 14.5 Å². The van der Waals surface area contributed by atoms with Gasteiger partial charge in [-0.25, -0.2) is 4.79 Å². The van der Waals surface area contributed by atoms with E-state index in [1.54, 1.807) is 25.1 Å². The lowest BCUT2D eigenvalue weighted by Gasteiger charge is -2.23. The van der Waals surface area contributed by atoms with Crippen molar-refractivity contribution in [2.24, 2.45) is 0 Å². The normalized spacial score (nSPS) is 10.2. The molecule has 1 rings (SSSR count). The van der Waals surface area contributed by atoms with Gasteiger partial charge in [0.05, 0.1) is 13.2 Å². The molecule has 0 fully saturated rings. The van der Waals surface area contributed by atoms with Crippen molar-refractivity contribution in [2.45, 2.75) is 6.92 Å². The lowest BCUT2D eigenvalue weighted by molar-refractivity contribution is -0.143. The van der Waals surface area contributed by atoms with Crippen LogP contribution in [0.25, 0.3) is 6.08 Å². The third kappa shape index (κ3) is 6.04. The summed E-state index contributed by atoms with van der Waals surface area (Å²) in [4.78, 5) is 48.4. The van der Waals surface area contributed by atoms with Crippen LogP contribution in [0.1, 0.15) is 12.5 Å². The average molecular weight is 332 g/mol. The Balaban J connectivity index is 2.78. The number of ether oxygens (including phenoxy) is 1. The zero-order valence-corrected chi connectivity index (χ0v) is 13.7. The van der Waals surface area contributed by atoms with Crippen LogP contribution in [0.5, 0.6) is 0 Å². The minimum atomic E-state index is -0.752. The molecule has 0 spiro atoms. The number of carbonyl (C=O) groups excluding carboxylic acids is 4. The molecule has 0 unspecified atom stereocenters. The van der Waals surface area contributed by atoms with Crippen molar-refractivity contribution in [3.05, 3.63) is 42.0 Å². The van der Waals surface area contributed by atoms with Gasteiger partial charge in [-0.05, 0) is 18.6 Å². The summed E-state index contributed by atoms with van der Waals surface area (Å²) in [6.45, 7) is 1.13. The van der Waals surface area contributed by atoms with Crippen molar-refractivity contribution in [1.29, 1.82) is 0 Å². The van der Waals surface area contributed by atoms with Crippen LogP contribution in [-0.4, -0.2) is 60.7 Å². The van der Waals surface area contributed by atoms with Crippen LogP contribution in [0.4, 0.5) is 4.79 Å². The number of esters is 1. The van der Waals surface area contributed by atoms with E-state index in [1.165, 1.54) is 13.1 Å². The van der Waals surface area contributed by atoms with Gasteiger partial charge >= 0.3 is 12.0 Å². The van der Waals surface area contributed by atoms with Crippen LogP contribution in [-0.2, 0) is 19.1 Å². The van der Waals surface area contributed by atoms with Gasteiger partial charge in [0, 0.05) is 13.1 Å². The first kappa shape index (κ1) is 19.1. The number of amides is 3. The molecule has 7 heteroatoms. The molecule has 1 aromatic rings. The first-order valence-electron chi connectivity index (χ1n) is 7.38. The molecule has 0 aliphatic heterocycles. The fourth-order valence-electron chi connectivity index (χ4n) is 1.83. The maximum absolute atomic E-state index is 12.3. The Morgan fingerprint density at radius 1 is 1.17 bits per heavy atom. The molecule has 0 radical (unpaired) electrons. The van der Waals surface area contributed by atoms with Gasteiger partial charge < -0.3 is 14.4 Å². The number of aldehydes is 1. The largest absolute Gasteiger partial charge is 0.465 e.